The fourth-order valence-corrected chi connectivity index (χ4v) is 5.24. The summed E-state index contributed by atoms with van der Waals surface area (Å²) in [5, 5.41) is 4.95. The van der Waals surface area contributed by atoms with E-state index < -0.39 is 10.0 Å². The lowest BCUT2D eigenvalue weighted by Crippen LogP contribution is -2.38. The molecule has 102 valence electrons. The van der Waals surface area contributed by atoms with Crippen molar-refractivity contribution in [2.75, 3.05) is 20.1 Å². The van der Waals surface area contributed by atoms with E-state index >= 15 is 0 Å². The molecular weight excluding hydrogens is 268 g/mol. The summed E-state index contributed by atoms with van der Waals surface area (Å²) in [5.74, 6) is 0.463. The van der Waals surface area contributed by atoms with Gasteiger partial charge in [0.25, 0.3) is 10.0 Å². The van der Waals surface area contributed by atoms with Crippen molar-refractivity contribution in [1.29, 1.82) is 0 Å². The molecule has 0 spiro atoms. The van der Waals surface area contributed by atoms with Crippen molar-refractivity contribution in [2.24, 2.45) is 5.92 Å². The molecule has 1 unspecified atom stereocenters. The van der Waals surface area contributed by atoms with E-state index in [0.717, 1.165) is 18.4 Å². The van der Waals surface area contributed by atoms with Gasteiger partial charge in [-0.3, -0.25) is 0 Å². The van der Waals surface area contributed by atoms with Gasteiger partial charge in [-0.15, -0.1) is 11.3 Å². The average molecular weight is 288 g/mol. The molecule has 1 aromatic heterocycles. The Morgan fingerprint density at radius 3 is 3.00 bits per heavy atom. The van der Waals surface area contributed by atoms with Gasteiger partial charge in [0.2, 0.25) is 0 Å². The van der Waals surface area contributed by atoms with Crippen molar-refractivity contribution in [1.82, 2.24) is 9.62 Å². The first kappa shape index (κ1) is 14.0. The van der Waals surface area contributed by atoms with Crippen molar-refractivity contribution in [3.05, 3.63) is 17.0 Å². The maximum Gasteiger partial charge on any atom is 0.252 e. The molecule has 0 saturated carbocycles. The van der Waals surface area contributed by atoms with Crippen LogP contribution in [0.1, 0.15) is 25.3 Å². The third kappa shape index (κ3) is 2.93. The second-order valence-corrected chi connectivity index (χ2v) is 7.99. The molecule has 1 N–H and O–H groups in total. The summed E-state index contributed by atoms with van der Waals surface area (Å²) in [4.78, 5) is 0. The Morgan fingerprint density at radius 2 is 2.33 bits per heavy atom. The standard InChI is InChI=1S/C12H20N2O2S2/c1-10-4-3-5-14(8-10)18(15,16)12-6-11(7-13-2)9-17-12/h6,9-10,13H,3-5,7-8H2,1-2H3. The normalized spacial score (nSPS) is 22.2. The summed E-state index contributed by atoms with van der Waals surface area (Å²) in [5.41, 5.74) is 1.03. The Hall–Kier alpha value is -0.430. The molecule has 2 rings (SSSR count). The molecule has 0 amide bonds. The molecule has 18 heavy (non-hydrogen) atoms. The number of nitrogens with zero attached hydrogens (tertiary/aromatic N) is 1. The summed E-state index contributed by atoms with van der Waals surface area (Å²) in [6, 6.07) is 1.79. The van der Waals surface area contributed by atoms with Gasteiger partial charge >= 0.3 is 0 Å². The van der Waals surface area contributed by atoms with Gasteiger partial charge in [-0.25, -0.2) is 8.42 Å². The Bertz CT molecular complexity index is 496. The Kier molecular flexibility index (Phi) is 4.42. The number of rotatable bonds is 4. The van der Waals surface area contributed by atoms with Gasteiger partial charge in [0.1, 0.15) is 4.21 Å². The van der Waals surface area contributed by atoms with Gasteiger partial charge < -0.3 is 5.32 Å². The minimum absolute atomic E-state index is 0.463. The smallest absolute Gasteiger partial charge is 0.252 e. The van der Waals surface area contributed by atoms with Crippen LogP contribution in [-0.2, 0) is 16.6 Å². The number of thiophene rings is 1. The van der Waals surface area contributed by atoms with Crippen LogP contribution in [-0.4, -0.2) is 32.9 Å². The zero-order valence-corrected chi connectivity index (χ0v) is 12.5. The van der Waals surface area contributed by atoms with Crippen molar-refractivity contribution < 1.29 is 8.42 Å². The topological polar surface area (TPSA) is 49.4 Å². The maximum absolute atomic E-state index is 12.5. The molecule has 0 aromatic carbocycles. The van der Waals surface area contributed by atoms with Crippen LogP contribution in [0.25, 0.3) is 0 Å². The lowest BCUT2D eigenvalue weighted by Gasteiger charge is -2.29. The summed E-state index contributed by atoms with van der Waals surface area (Å²) in [6.07, 6.45) is 2.09. The van der Waals surface area contributed by atoms with E-state index in [4.69, 9.17) is 0 Å². The molecule has 6 heteroatoms. The summed E-state index contributed by atoms with van der Waals surface area (Å²) >= 11 is 1.32. The number of hydrogen-bond acceptors (Lipinski definition) is 4. The fraction of sp³-hybridized carbons (Fsp3) is 0.667. The molecule has 1 aliphatic rings. The molecule has 0 bridgehead atoms. The van der Waals surface area contributed by atoms with Crippen molar-refractivity contribution >= 4 is 21.4 Å². The first-order chi connectivity index (χ1) is 8.54. The van der Waals surface area contributed by atoms with Crippen LogP contribution in [0.2, 0.25) is 0 Å². The predicted molar refractivity (Wildman–Crippen MR) is 74.2 cm³/mol. The van der Waals surface area contributed by atoms with E-state index in [9.17, 15) is 8.42 Å². The molecule has 2 heterocycles. The van der Waals surface area contributed by atoms with E-state index in [-0.39, 0.29) is 0 Å². The van der Waals surface area contributed by atoms with Crippen LogP contribution in [0.4, 0.5) is 0 Å². The van der Waals surface area contributed by atoms with Crippen LogP contribution in [0.15, 0.2) is 15.7 Å². The van der Waals surface area contributed by atoms with Crippen LogP contribution < -0.4 is 5.32 Å². The van der Waals surface area contributed by atoms with Crippen LogP contribution in [0.5, 0.6) is 0 Å². The monoisotopic (exact) mass is 288 g/mol. The molecule has 1 atom stereocenters. The lowest BCUT2D eigenvalue weighted by atomic mass is 10.0. The Morgan fingerprint density at radius 1 is 1.56 bits per heavy atom. The quantitative estimate of drug-likeness (QED) is 0.920. The SMILES string of the molecule is CNCc1csc(S(=O)(=O)N2CCCC(C)C2)c1. The first-order valence-corrected chi connectivity index (χ1v) is 8.58. The van der Waals surface area contributed by atoms with Crippen molar-refractivity contribution in [2.45, 2.75) is 30.5 Å². The molecule has 1 fully saturated rings. The van der Waals surface area contributed by atoms with Crippen molar-refractivity contribution in [3.8, 4) is 0 Å². The van der Waals surface area contributed by atoms with Gasteiger partial charge in [-0.1, -0.05) is 6.92 Å². The summed E-state index contributed by atoms with van der Waals surface area (Å²) in [6.45, 7) is 4.14. The van der Waals surface area contributed by atoms with Gasteiger partial charge in [0, 0.05) is 19.6 Å². The fourth-order valence-electron chi connectivity index (χ4n) is 2.28. The highest BCUT2D eigenvalue weighted by atomic mass is 32.2. The molecule has 1 saturated heterocycles. The minimum atomic E-state index is -3.27. The average Bonchev–Trinajstić information content (AvgIpc) is 2.79. The molecule has 1 aliphatic heterocycles. The van der Waals surface area contributed by atoms with Crippen LogP contribution in [0, 0.1) is 5.92 Å². The third-order valence-corrected chi connectivity index (χ3v) is 6.55. The second kappa shape index (κ2) is 5.69. The van der Waals surface area contributed by atoms with E-state index in [1.54, 1.807) is 10.4 Å². The highest BCUT2D eigenvalue weighted by molar-refractivity contribution is 7.91. The minimum Gasteiger partial charge on any atom is -0.316 e. The van der Waals surface area contributed by atoms with Gasteiger partial charge in [-0.05, 0) is 42.8 Å². The van der Waals surface area contributed by atoms with Gasteiger partial charge in [-0.2, -0.15) is 4.31 Å². The lowest BCUT2D eigenvalue weighted by molar-refractivity contribution is 0.281. The number of nitrogens with one attached hydrogen (secondary N) is 1. The summed E-state index contributed by atoms with van der Waals surface area (Å²) in [7, 11) is -1.41. The summed E-state index contributed by atoms with van der Waals surface area (Å²) < 4.78 is 27.0. The molecule has 0 aliphatic carbocycles. The zero-order valence-electron chi connectivity index (χ0n) is 10.8. The highest BCUT2D eigenvalue weighted by Gasteiger charge is 2.29. The van der Waals surface area contributed by atoms with E-state index in [0.29, 0.717) is 29.8 Å². The number of piperidine rings is 1. The highest BCUT2D eigenvalue weighted by Crippen LogP contribution is 2.27. The van der Waals surface area contributed by atoms with E-state index in [1.165, 1.54) is 11.3 Å². The zero-order chi connectivity index (χ0) is 13.2. The van der Waals surface area contributed by atoms with E-state index in [2.05, 4.69) is 12.2 Å². The van der Waals surface area contributed by atoms with Crippen molar-refractivity contribution in [3.63, 3.8) is 0 Å². The largest absolute Gasteiger partial charge is 0.316 e. The van der Waals surface area contributed by atoms with E-state index in [1.807, 2.05) is 12.4 Å². The second-order valence-electron chi connectivity index (χ2n) is 4.91. The molecule has 0 radical (unpaired) electrons. The Labute approximate surface area is 113 Å². The van der Waals surface area contributed by atoms with Crippen LogP contribution >= 0.6 is 11.3 Å². The molecule has 1 aromatic rings. The maximum atomic E-state index is 12.5. The predicted octanol–water partition coefficient (Wildman–Crippen LogP) is 1.89. The Balaban J connectivity index is 2.18. The number of hydrogen-bond donors (Lipinski definition) is 1. The molecular formula is C12H20N2O2S2. The first-order valence-electron chi connectivity index (χ1n) is 6.26. The van der Waals surface area contributed by atoms with Gasteiger partial charge in [0.05, 0.1) is 0 Å². The third-order valence-electron chi connectivity index (χ3n) is 3.22. The van der Waals surface area contributed by atoms with Gasteiger partial charge in [0.15, 0.2) is 0 Å². The van der Waals surface area contributed by atoms with Crippen LogP contribution in [0.3, 0.4) is 0 Å². The number of sulfonamides is 1. The molecule has 4 nitrogen and oxygen atoms in total.